The molecule has 58 heavy (non-hydrogen) atoms. The van der Waals surface area contributed by atoms with Gasteiger partial charge in [0.2, 0.25) is 0 Å². The number of para-hydroxylation sites is 4. The van der Waals surface area contributed by atoms with Crippen molar-refractivity contribution in [3.8, 4) is 22.5 Å². The Morgan fingerprint density at radius 1 is 0.448 bits per heavy atom. The van der Waals surface area contributed by atoms with E-state index >= 15 is 0 Å². The lowest BCUT2D eigenvalue weighted by Crippen LogP contribution is -2.17. The molecule has 1 aliphatic rings. The number of fused-ring (bicyclic) bond motifs is 9. The molecule has 3 heterocycles. The molecule has 4 heteroatoms. The topological polar surface area (TPSA) is 13.1 Å². The second-order valence-corrected chi connectivity index (χ2v) is 16.3. The number of hydrogen-bond donors (Lipinski definition) is 0. The van der Waals surface area contributed by atoms with Crippen LogP contribution < -0.4 is 4.90 Å². The molecular formula is C54H37N3S. The maximum absolute atomic E-state index is 2.51. The van der Waals surface area contributed by atoms with Crippen molar-refractivity contribution in [3.63, 3.8) is 0 Å². The minimum absolute atomic E-state index is 0.967. The molecule has 3 nitrogen and oxygen atoms in total. The van der Waals surface area contributed by atoms with Crippen LogP contribution in [0.5, 0.6) is 0 Å². The van der Waals surface area contributed by atoms with Crippen LogP contribution >= 0.6 is 11.3 Å². The molecule has 8 aromatic carbocycles. The molecule has 0 fully saturated rings. The lowest BCUT2D eigenvalue weighted by Gasteiger charge is -2.30. The zero-order valence-electron chi connectivity index (χ0n) is 31.7. The lowest BCUT2D eigenvalue weighted by atomic mass is 10.00. The molecule has 0 radical (unpaired) electrons. The number of anilines is 2. The molecule has 0 atom stereocenters. The van der Waals surface area contributed by atoms with Crippen molar-refractivity contribution in [3.05, 3.63) is 206 Å². The van der Waals surface area contributed by atoms with Crippen LogP contribution in [0.4, 0.5) is 11.4 Å². The summed E-state index contributed by atoms with van der Waals surface area (Å²) in [5.74, 6) is 0. The maximum Gasteiger partial charge on any atom is 0.0562 e. The summed E-state index contributed by atoms with van der Waals surface area (Å²) in [6.45, 7) is 0. The van der Waals surface area contributed by atoms with Gasteiger partial charge < -0.3 is 14.0 Å². The van der Waals surface area contributed by atoms with E-state index < -0.39 is 0 Å². The Labute approximate surface area is 340 Å². The molecular weight excluding hydrogens is 723 g/mol. The number of hydrogen-bond acceptors (Lipinski definition) is 2. The van der Waals surface area contributed by atoms with Crippen LogP contribution in [0, 0.1) is 0 Å². The first kappa shape index (κ1) is 33.0. The summed E-state index contributed by atoms with van der Waals surface area (Å²) in [4.78, 5) is 2.47. The Balaban J connectivity index is 1.20. The fourth-order valence-electron chi connectivity index (χ4n) is 9.38. The SMILES string of the molecule is C1=CCCC(N(c2ccccc2)c2cc(-c3cccc4c3sc3ccccc34)cc(-n3c4ccccc4c4cc5c6ccccc6n(-c6ccccc6)c5cc43)c2)=C1. The molecule has 0 bridgehead atoms. The summed E-state index contributed by atoms with van der Waals surface area (Å²) in [5.41, 5.74) is 13.1. The highest BCUT2D eigenvalue weighted by atomic mass is 32.1. The van der Waals surface area contributed by atoms with Gasteiger partial charge in [0, 0.05) is 70.2 Å². The first-order valence-electron chi connectivity index (χ1n) is 20.1. The van der Waals surface area contributed by atoms with Crippen molar-refractivity contribution < 1.29 is 0 Å². The Hall–Kier alpha value is -7.14. The van der Waals surface area contributed by atoms with E-state index in [-0.39, 0.29) is 0 Å². The van der Waals surface area contributed by atoms with Crippen LogP contribution in [0.15, 0.2) is 206 Å². The highest BCUT2D eigenvalue weighted by Gasteiger charge is 2.22. The second-order valence-electron chi connectivity index (χ2n) is 15.2. The van der Waals surface area contributed by atoms with E-state index in [1.165, 1.54) is 80.6 Å². The molecule has 0 spiro atoms. The molecule has 1 aliphatic carbocycles. The third-order valence-electron chi connectivity index (χ3n) is 11.9. The van der Waals surface area contributed by atoms with Crippen molar-refractivity contribution in [1.82, 2.24) is 9.13 Å². The van der Waals surface area contributed by atoms with Crippen molar-refractivity contribution in [2.24, 2.45) is 0 Å². The number of thiophene rings is 1. The smallest absolute Gasteiger partial charge is 0.0562 e. The van der Waals surface area contributed by atoms with Gasteiger partial charge in [0.15, 0.2) is 0 Å². The Morgan fingerprint density at radius 2 is 1.09 bits per heavy atom. The number of benzene rings is 8. The third-order valence-corrected chi connectivity index (χ3v) is 13.1. The zero-order chi connectivity index (χ0) is 38.2. The summed E-state index contributed by atoms with van der Waals surface area (Å²) in [6.07, 6.45) is 8.75. The second kappa shape index (κ2) is 13.2. The standard InChI is InChI=1S/C54H37N3S/c1-4-17-37(18-5-1)55(38-19-6-2-7-20-38)40-31-36(42-26-16-27-46-45-25-12-15-30-53(45)58-54(42)46)32-41(33-40)57-50-29-14-11-24-44(50)48-34-47-43-23-10-13-28-49(43)56(51(47)35-52(48)57)39-21-8-3-9-22-39/h1-6,8-19,21-35H,7,20H2. The molecule has 0 unspecified atom stereocenters. The number of rotatable bonds is 6. The predicted molar refractivity (Wildman–Crippen MR) is 248 cm³/mol. The minimum atomic E-state index is 0.967. The average molecular weight is 760 g/mol. The van der Waals surface area contributed by atoms with Crippen LogP contribution in [-0.4, -0.2) is 9.13 Å². The van der Waals surface area contributed by atoms with Gasteiger partial charge >= 0.3 is 0 Å². The van der Waals surface area contributed by atoms with Gasteiger partial charge in [-0.2, -0.15) is 0 Å². The molecule has 12 rings (SSSR count). The lowest BCUT2D eigenvalue weighted by molar-refractivity contribution is 0.917. The van der Waals surface area contributed by atoms with E-state index in [2.05, 4.69) is 214 Å². The molecule has 0 saturated heterocycles. The maximum atomic E-state index is 2.51. The normalized spacial score (nSPS) is 13.1. The highest BCUT2D eigenvalue weighted by Crippen LogP contribution is 2.45. The zero-order valence-corrected chi connectivity index (χ0v) is 32.5. The minimum Gasteiger partial charge on any atom is -0.314 e. The molecule has 0 amide bonds. The van der Waals surface area contributed by atoms with Gasteiger partial charge in [0.05, 0.1) is 22.1 Å². The van der Waals surface area contributed by atoms with E-state index in [0.29, 0.717) is 0 Å². The molecule has 3 aromatic heterocycles. The van der Waals surface area contributed by atoms with E-state index in [9.17, 15) is 0 Å². The van der Waals surface area contributed by atoms with Crippen molar-refractivity contribution in [2.75, 3.05) is 4.90 Å². The third kappa shape index (κ3) is 5.12. The molecule has 274 valence electrons. The van der Waals surface area contributed by atoms with Gasteiger partial charge in [-0.25, -0.2) is 0 Å². The van der Waals surface area contributed by atoms with Crippen LogP contribution in [0.2, 0.25) is 0 Å². The Morgan fingerprint density at radius 3 is 1.81 bits per heavy atom. The van der Waals surface area contributed by atoms with Crippen LogP contribution in [0.1, 0.15) is 12.8 Å². The summed E-state index contributed by atoms with van der Waals surface area (Å²) in [5, 5.41) is 7.62. The predicted octanol–water partition coefficient (Wildman–Crippen LogP) is 15.3. The number of aromatic nitrogens is 2. The van der Waals surface area contributed by atoms with Gasteiger partial charge in [-0.1, -0.05) is 121 Å². The van der Waals surface area contributed by atoms with Gasteiger partial charge in [0.25, 0.3) is 0 Å². The molecule has 0 saturated carbocycles. The van der Waals surface area contributed by atoms with E-state index in [1.54, 1.807) is 0 Å². The average Bonchev–Trinajstić information content (AvgIpc) is 3.94. The van der Waals surface area contributed by atoms with E-state index in [0.717, 1.165) is 35.6 Å². The van der Waals surface area contributed by atoms with E-state index in [4.69, 9.17) is 0 Å². The van der Waals surface area contributed by atoms with Gasteiger partial charge in [0.1, 0.15) is 0 Å². The van der Waals surface area contributed by atoms with Crippen molar-refractivity contribution >= 4 is 86.5 Å². The van der Waals surface area contributed by atoms with Crippen molar-refractivity contribution in [2.45, 2.75) is 12.8 Å². The Bertz CT molecular complexity index is 3450. The van der Waals surface area contributed by atoms with Gasteiger partial charge in [-0.05, 0) is 103 Å². The first-order valence-corrected chi connectivity index (χ1v) is 20.9. The van der Waals surface area contributed by atoms with Crippen molar-refractivity contribution in [1.29, 1.82) is 0 Å². The van der Waals surface area contributed by atoms with Crippen LogP contribution in [-0.2, 0) is 0 Å². The monoisotopic (exact) mass is 759 g/mol. The highest BCUT2D eigenvalue weighted by molar-refractivity contribution is 7.26. The quantitative estimate of drug-likeness (QED) is 0.165. The Kier molecular flexibility index (Phi) is 7.54. The van der Waals surface area contributed by atoms with E-state index in [1.807, 2.05) is 11.3 Å². The summed E-state index contributed by atoms with van der Waals surface area (Å²) < 4.78 is 7.56. The molecule has 11 aromatic rings. The summed E-state index contributed by atoms with van der Waals surface area (Å²) >= 11 is 1.89. The van der Waals surface area contributed by atoms with Gasteiger partial charge in [-0.3, -0.25) is 0 Å². The number of nitrogens with zero attached hydrogens (tertiary/aromatic N) is 3. The fourth-order valence-corrected chi connectivity index (χ4v) is 10.6. The molecule has 0 aliphatic heterocycles. The first-order chi connectivity index (χ1) is 28.8. The van der Waals surface area contributed by atoms with Crippen LogP contribution in [0.25, 0.3) is 86.3 Å². The fraction of sp³-hybridized carbons (Fsp3) is 0.0370. The summed E-state index contributed by atoms with van der Waals surface area (Å²) in [7, 11) is 0. The number of allylic oxidation sites excluding steroid dienone is 4. The largest absolute Gasteiger partial charge is 0.314 e. The van der Waals surface area contributed by atoms with Gasteiger partial charge in [-0.15, -0.1) is 11.3 Å². The van der Waals surface area contributed by atoms with Crippen LogP contribution in [0.3, 0.4) is 0 Å². The molecule has 0 N–H and O–H groups in total. The summed E-state index contributed by atoms with van der Waals surface area (Å²) in [6, 6.07) is 67.1.